The van der Waals surface area contributed by atoms with Crippen LogP contribution >= 0.6 is 0 Å². The number of fused-ring (bicyclic) bond motifs is 1. The number of methoxy groups -OCH3 is 1. The number of pyridine rings is 1. The van der Waals surface area contributed by atoms with Crippen molar-refractivity contribution in [1.82, 2.24) is 14.7 Å². The van der Waals surface area contributed by atoms with Crippen LogP contribution in [-0.4, -0.2) is 63.6 Å². The van der Waals surface area contributed by atoms with Crippen LogP contribution < -0.4 is 15.4 Å². The van der Waals surface area contributed by atoms with Crippen molar-refractivity contribution in [3.63, 3.8) is 0 Å². The molecule has 1 fully saturated rings. The molecule has 3 heterocycles. The summed E-state index contributed by atoms with van der Waals surface area (Å²) in [5, 5.41) is 6.38. The number of alkyl halides is 3. The Morgan fingerprint density at radius 2 is 2.11 bits per heavy atom. The van der Waals surface area contributed by atoms with Gasteiger partial charge in [-0.15, -0.1) is 0 Å². The molecule has 4 rings (SSSR count). The first-order chi connectivity index (χ1) is 17.6. The highest BCUT2D eigenvalue weighted by Gasteiger charge is 2.32. The minimum atomic E-state index is -4.44. The first-order valence-electron chi connectivity index (χ1n) is 11.6. The highest BCUT2D eigenvalue weighted by Crippen LogP contribution is 2.29. The maximum Gasteiger partial charge on any atom is 0.394 e. The molecule has 1 aliphatic rings. The van der Waals surface area contributed by atoms with Gasteiger partial charge in [0.15, 0.2) is 9.84 Å². The molecule has 1 atom stereocenters. The van der Waals surface area contributed by atoms with Crippen LogP contribution in [0.5, 0.6) is 5.75 Å². The fourth-order valence-electron chi connectivity index (χ4n) is 4.16. The Balaban J connectivity index is 1.63. The van der Waals surface area contributed by atoms with Gasteiger partial charge in [-0.3, -0.25) is 0 Å². The molecule has 0 aliphatic carbocycles. The topological polar surface area (TPSA) is 94.0 Å². The number of hydrogen-bond donors (Lipinski definition) is 2. The molecule has 0 spiro atoms. The quantitative estimate of drug-likeness (QED) is 0.467. The van der Waals surface area contributed by atoms with E-state index in [4.69, 9.17) is 9.47 Å². The highest BCUT2D eigenvalue weighted by atomic mass is 32.2. The molecule has 0 amide bonds. The van der Waals surface area contributed by atoms with E-state index in [0.29, 0.717) is 43.3 Å². The fraction of sp³-hybridized carbons (Fsp3) is 0.400. The molecule has 0 bridgehead atoms. The molecule has 37 heavy (non-hydrogen) atoms. The van der Waals surface area contributed by atoms with Gasteiger partial charge in [0.1, 0.15) is 17.1 Å². The van der Waals surface area contributed by atoms with Gasteiger partial charge in [0.05, 0.1) is 43.0 Å². The van der Waals surface area contributed by atoms with Gasteiger partial charge in [-0.1, -0.05) is 12.0 Å². The summed E-state index contributed by atoms with van der Waals surface area (Å²) in [7, 11) is -2.00. The zero-order valence-electron chi connectivity index (χ0n) is 20.4. The van der Waals surface area contributed by atoms with E-state index in [9.17, 15) is 21.6 Å². The van der Waals surface area contributed by atoms with Crippen molar-refractivity contribution < 1.29 is 31.1 Å². The Kier molecular flexibility index (Phi) is 7.96. The summed E-state index contributed by atoms with van der Waals surface area (Å²) < 4.78 is 76.1. The maximum atomic E-state index is 13.5. The summed E-state index contributed by atoms with van der Waals surface area (Å²) >= 11 is 0. The molecule has 1 aliphatic heterocycles. The van der Waals surface area contributed by atoms with E-state index >= 15 is 0 Å². The minimum absolute atomic E-state index is 0.0307. The van der Waals surface area contributed by atoms with E-state index in [1.54, 1.807) is 18.3 Å². The predicted molar refractivity (Wildman–Crippen MR) is 133 cm³/mol. The third-order valence-electron chi connectivity index (χ3n) is 5.89. The monoisotopic (exact) mass is 536 g/mol. The molecular formula is C25H27F3N4O4S. The molecule has 8 nitrogen and oxygen atoms in total. The number of sulfone groups is 1. The summed E-state index contributed by atoms with van der Waals surface area (Å²) in [5.74, 6) is 5.92. The standard InChI is InChI=1S/C25H27F3N4O4S/c1-35-23-15-17(37(2,33)34)7-8-21(23)29-10-3-6-20-22(16-25(26,27)28)32-12-4-5-18(24(32)31-20)19-9-13-36-14-11-30-19/h4-5,7-8,12,15,19,29-30H,9-11,13-14,16H2,1-2H3/t19-/m1/s1. The number of rotatable bonds is 6. The third-order valence-corrected chi connectivity index (χ3v) is 7.00. The van der Waals surface area contributed by atoms with Crippen molar-refractivity contribution in [2.24, 2.45) is 0 Å². The van der Waals surface area contributed by atoms with Gasteiger partial charge in [0, 0.05) is 43.3 Å². The van der Waals surface area contributed by atoms with Crippen LogP contribution in [-0.2, 0) is 21.0 Å². The molecule has 0 saturated carbocycles. The predicted octanol–water partition coefficient (Wildman–Crippen LogP) is 3.37. The number of nitrogens with one attached hydrogen (secondary N) is 2. The van der Waals surface area contributed by atoms with Crippen LogP contribution in [0.15, 0.2) is 41.4 Å². The van der Waals surface area contributed by atoms with E-state index in [2.05, 4.69) is 27.5 Å². The Morgan fingerprint density at radius 3 is 2.84 bits per heavy atom. The number of benzene rings is 1. The molecule has 2 aromatic heterocycles. The van der Waals surface area contributed by atoms with E-state index in [-0.39, 0.29) is 28.9 Å². The highest BCUT2D eigenvalue weighted by molar-refractivity contribution is 7.90. The molecule has 0 radical (unpaired) electrons. The smallest absolute Gasteiger partial charge is 0.394 e. The normalized spacial score (nSPS) is 16.6. The average molecular weight is 537 g/mol. The first-order valence-corrected chi connectivity index (χ1v) is 13.4. The lowest BCUT2D eigenvalue weighted by molar-refractivity contribution is -0.128. The van der Waals surface area contributed by atoms with Gasteiger partial charge in [0.25, 0.3) is 0 Å². The van der Waals surface area contributed by atoms with E-state index < -0.39 is 22.4 Å². The van der Waals surface area contributed by atoms with Crippen molar-refractivity contribution in [1.29, 1.82) is 0 Å². The van der Waals surface area contributed by atoms with Crippen LogP contribution in [0.3, 0.4) is 0 Å². The van der Waals surface area contributed by atoms with E-state index in [1.807, 2.05) is 6.07 Å². The summed E-state index contributed by atoms with van der Waals surface area (Å²) in [6.07, 6.45) is -2.27. The van der Waals surface area contributed by atoms with Crippen LogP contribution in [0, 0.1) is 11.8 Å². The Bertz CT molecular complexity index is 1430. The van der Waals surface area contributed by atoms with Crippen molar-refractivity contribution in [2.75, 3.05) is 45.0 Å². The van der Waals surface area contributed by atoms with E-state index in [0.717, 1.165) is 11.8 Å². The number of hydrogen-bond acceptors (Lipinski definition) is 7. The third kappa shape index (κ3) is 6.54. The minimum Gasteiger partial charge on any atom is -0.495 e. The second kappa shape index (κ2) is 11.0. The Morgan fingerprint density at radius 1 is 1.30 bits per heavy atom. The van der Waals surface area contributed by atoms with Crippen LogP contribution in [0.1, 0.15) is 29.4 Å². The van der Waals surface area contributed by atoms with Crippen molar-refractivity contribution in [2.45, 2.75) is 30.0 Å². The molecule has 2 N–H and O–H groups in total. The van der Waals surface area contributed by atoms with Crippen molar-refractivity contribution >= 4 is 21.2 Å². The van der Waals surface area contributed by atoms with Crippen LogP contribution in [0.4, 0.5) is 18.9 Å². The molecule has 12 heteroatoms. The summed E-state index contributed by atoms with van der Waals surface area (Å²) in [4.78, 5) is 4.61. The first kappa shape index (κ1) is 26.8. The Labute approximate surface area is 213 Å². The zero-order valence-corrected chi connectivity index (χ0v) is 21.2. The number of imidazole rings is 1. The van der Waals surface area contributed by atoms with Gasteiger partial charge in [-0.2, -0.15) is 13.2 Å². The lowest BCUT2D eigenvalue weighted by Crippen LogP contribution is -2.22. The molecule has 0 unspecified atom stereocenters. The molecule has 1 aromatic carbocycles. The van der Waals surface area contributed by atoms with Crippen LogP contribution in [0.25, 0.3) is 5.65 Å². The fourth-order valence-corrected chi connectivity index (χ4v) is 4.80. The van der Waals surface area contributed by atoms with Gasteiger partial charge in [-0.05, 0) is 30.5 Å². The number of halogens is 3. The number of aromatic nitrogens is 2. The van der Waals surface area contributed by atoms with Gasteiger partial charge < -0.3 is 24.5 Å². The number of ether oxygens (including phenoxy) is 2. The molecule has 3 aromatic rings. The second-order valence-corrected chi connectivity index (χ2v) is 10.6. The van der Waals surface area contributed by atoms with E-state index in [1.165, 1.54) is 23.6 Å². The summed E-state index contributed by atoms with van der Waals surface area (Å²) in [6, 6.07) is 7.84. The molecular weight excluding hydrogens is 509 g/mol. The SMILES string of the molecule is COc1cc(S(C)(=O)=O)ccc1NCC#Cc1nc2c([C@H]3CCOCCN3)cccn2c1CC(F)(F)F. The van der Waals surface area contributed by atoms with Crippen molar-refractivity contribution in [3.05, 3.63) is 53.5 Å². The second-order valence-electron chi connectivity index (χ2n) is 8.55. The van der Waals surface area contributed by atoms with Gasteiger partial charge >= 0.3 is 6.18 Å². The lowest BCUT2D eigenvalue weighted by atomic mass is 10.1. The van der Waals surface area contributed by atoms with Gasteiger partial charge in [-0.25, -0.2) is 13.4 Å². The van der Waals surface area contributed by atoms with Gasteiger partial charge in [0.2, 0.25) is 0 Å². The molecule has 198 valence electrons. The van der Waals surface area contributed by atoms with Crippen LogP contribution in [0.2, 0.25) is 0 Å². The molecule has 1 saturated heterocycles. The maximum absolute atomic E-state index is 13.5. The zero-order chi connectivity index (χ0) is 26.6. The number of anilines is 1. The largest absolute Gasteiger partial charge is 0.495 e. The summed E-state index contributed by atoms with van der Waals surface area (Å²) in [5.41, 5.74) is 1.74. The average Bonchev–Trinajstić information content (AvgIpc) is 2.99. The number of nitrogens with zero attached hydrogens (tertiary/aromatic N) is 2. The van der Waals surface area contributed by atoms with Crippen molar-refractivity contribution in [3.8, 4) is 17.6 Å². The lowest BCUT2D eigenvalue weighted by Gasteiger charge is -2.16. The Hall–Kier alpha value is -3.27. The summed E-state index contributed by atoms with van der Waals surface area (Å²) in [6.45, 7) is 1.82.